The Bertz CT molecular complexity index is 462. The highest BCUT2D eigenvalue weighted by atomic mass is 32.1. The zero-order valence-electron chi connectivity index (χ0n) is 11.4. The highest BCUT2D eigenvalue weighted by Crippen LogP contribution is 2.51. The van der Waals surface area contributed by atoms with Crippen molar-refractivity contribution in [1.29, 1.82) is 0 Å². The van der Waals surface area contributed by atoms with Crippen LogP contribution < -0.4 is 11.1 Å². The monoisotopic (exact) mass is 262 g/mol. The Balaban J connectivity index is 2.12. The fourth-order valence-corrected chi connectivity index (χ4v) is 2.58. The van der Waals surface area contributed by atoms with E-state index in [9.17, 15) is 0 Å². The zero-order chi connectivity index (χ0) is 13.3. The molecule has 0 aliphatic heterocycles. The molecule has 0 radical (unpaired) electrons. The van der Waals surface area contributed by atoms with Crippen LogP contribution in [-0.2, 0) is 0 Å². The van der Waals surface area contributed by atoms with E-state index >= 15 is 0 Å². The molecule has 98 valence electrons. The quantitative estimate of drug-likeness (QED) is 0.798. The van der Waals surface area contributed by atoms with Gasteiger partial charge in [0.05, 0.1) is 0 Å². The number of hydrogen-bond donors (Lipinski definition) is 2. The van der Waals surface area contributed by atoms with Crippen molar-refractivity contribution >= 4 is 22.9 Å². The van der Waals surface area contributed by atoms with Crippen molar-refractivity contribution in [3.05, 3.63) is 29.3 Å². The topological polar surface area (TPSA) is 38.0 Å². The van der Waals surface area contributed by atoms with E-state index < -0.39 is 0 Å². The van der Waals surface area contributed by atoms with E-state index in [2.05, 4.69) is 44.3 Å². The minimum absolute atomic E-state index is 0.468. The number of thiocarbonyl (C=S) groups is 1. The molecule has 0 saturated heterocycles. The fraction of sp³-hybridized carbons (Fsp3) is 0.533. The summed E-state index contributed by atoms with van der Waals surface area (Å²) in [4.78, 5) is 0.468. The Morgan fingerprint density at radius 2 is 2.11 bits per heavy atom. The lowest BCUT2D eigenvalue weighted by atomic mass is 9.92. The smallest absolute Gasteiger partial charge is 0.106 e. The highest BCUT2D eigenvalue weighted by molar-refractivity contribution is 7.80. The SMILES string of the molecule is Cc1ccc(NCC2(C(C)C)CC2)c(C(N)=S)c1. The maximum Gasteiger partial charge on any atom is 0.106 e. The van der Waals surface area contributed by atoms with Crippen molar-refractivity contribution in [2.45, 2.75) is 33.6 Å². The van der Waals surface area contributed by atoms with Crippen molar-refractivity contribution in [3.63, 3.8) is 0 Å². The third kappa shape index (κ3) is 2.66. The second-order valence-corrected chi connectivity index (χ2v) is 6.22. The van der Waals surface area contributed by atoms with E-state index in [4.69, 9.17) is 18.0 Å². The number of hydrogen-bond acceptors (Lipinski definition) is 2. The van der Waals surface area contributed by atoms with E-state index in [1.165, 1.54) is 18.4 Å². The van der Waals surface area contributed by atoms with Crippen LogP contribution in [0.4, 0.5) is 5.69 Å². The molecular formula is C15H22N2S. The number of aryl methyl sites for hydroxylation is 1. The van der Waals surface area contributed by atoms with Gasteiger partial charge in [-0.2, -0.15) is 0 Å². The van der Waals surface area contributed by atoms with Gasteiger partial charge in [-0.15, -0.1) is 0 Å². The maximum absolute atomic E-state index is 5.79. The molecule has 0 atom stereocenters. The molecule has 0 spiro atoms. The van der Waals surface area contributed by atoms with E-state index in [1.54, 1.807) is 0 Å². The van der Waals surface area contributed by atoms with Gasteiger partial charge in [-0.3, -0.25) is 0 Å². The molecule has 2 nitrogen and oxygen atoms in total. The van der Waals surface area contributed by atoms with Crippen LogP contribution in [0.1, 0.15) is 37.8 Å². The Hall–Kier alpha value is -1.09. The lowest BCUT2D eigenvalue weighted by molar-refractivity contribution is 0.380. The van der Waals surface area contributed by atoms with Gasteiger partial charge >= 0.3 is 0 Å². The Morgan fingerprint density at radius 1 is 1.44 bits per heavy atom. The molecule has 2 rings (SSSR count). The predicted octanol–water partition coefficient (Wildman–Crippen LogP) is 3.48. The summed E-state index contributed by atoms with van der Waals surface area (Å²) in [7, 11) is 0. The molecule has 1 fully saturated rings. The Labute approximate surface area is 115 Å². The molecule has 0 aromatic heterocycles. The summed E-state index contributed by atoms with van der Waals surface area (Å²) in [5, 5.41) is 3.54. The molecule has 0 amide bonds. The molecule has 0 bridgehead atoms. The first kappa shape index (κ1) is 13.3. The van der Waals surface area contributed by atoms with Gasteiger partial charge in [0.1, 0.15) is 4.99 Å². The fourth-order valence-electron chi connectivity index (χ4n) is 2.41. The first-order valence-electron chi connectivity index (χ1n) is 6.59. The molecule has 1 aliphatic carbocycles. The summed E-state index contributed by atoms with van der Waals surface area (Å²) in [5.41, 5.74) is 9.49. The van der Waals surface area contributed by atoms with Gasteiger partial charge in [0.2, 0.25) is 0 Å². The molecular weight excluding hydrogens is 240 g/mol. The summed E-state index contributed by atoms with van der Waals surface area (Å²) in [5.74, 6) is 0.726. The van der Waals surface area contributed by atoms with Crippen LogP contribution in [0.15, 0.2) is 18.2 Å². The van der Waals surface area contributed by atoms with Crippen LogP contribution >= 0.6 is 12.2 Å². The second kappa shape index (κ2) is 4.88. The minimum Gasteiger partial charge on any atom is -0.389 e. The molecule has 3 heteroatoms. The van der Waals surface area contributed by atoms with Gasteiger partial charge in [0.15, 0.2) is 0 Å². The predicted molar refractivity (Wildman–Crippen MR) is 82.1 cm³/mol. The molecule has 0 heterocycles. The summed E-state index contributed by atoms with van der Waals surface area (Å²) < 4.78 is 0. The first-order valence-corrected chi connectivity index (χ1v) is 7.00. The third-order valence-electron chi connectivity index (χ3n) is 4.19. The molecule has 1 aromatic rings. The summed E-state index contributed by atoms with van der Waals surface area (Å²) >= 11 is 5.12. The van der Waals surface area contributed by atoms with Crippen molar-refractivity contribution in [1.82, 2.24) is 0 Å². The lowest BCUT2D eigenvalue weighted by Crippen LogP contribution is -2.22. The van der Waals surface area contributed by atoms with Crippen molar-refractivity contribution in [2.24, 2.45) is 17.1 Å². The van der Waals surface area contributed by atoms with Crippen molar-refractivity contribution in [3.8, 4) is 0 Å². The minimum atomic E-state index is 0.468. The average molecular weight is 262 g/mol. The lowest BCUT2D eigenvalue weighted by Gasteiger charge is -2.22. The van der Waals surface area contributed by atoms with Crippen molar-refractivity contribution in [2.75, 3.05) is 11.9 Å². The number of benzene rings is 1. The number of nitrogens with two attached hydrogens (primary N) is 1. The van der Waals surface area contributed by atoms with Crippen molar-refractivity contribution < 1.29 is 0 Å². The summed E-state index contributed by atoms with van der Waals surface area (Å²) in [6, 6.07) is 6.24. The normalized spacial score (nSPS) is 16.7. The molecule has 1 aliphatic rings. The van der Waals surface area contributed by atoms with E-state index in [0.29, 0.717) is 10.4 Å². The summed E-state index contributed by atoms with van der Waals surface area (Å²) in [6.07, 6.45) is 2.65. The third-order valence-corrected chi connectivity index (χ3v) is 4.41. The van der Waals surface area contributed by atoms with Crippen LogP contribution in [0, 0.1) is 18.3 Å². The standard InChI is InChI=1S/C15H22N2S/c1-10(2)15(6-7-15)9-17-13-5-4-11(3)8-12(13)14(16)18/h4-5,8,10,17H,6-7,9H2,1-3H3,(H2,16,18). The van der Waals surface area contributed by atoms with Gasteiger partial charge in [-0.1, -0.05) is 37.7 Å². The largest absolute Gasteiger partial charge is 0.389 e. The summed E-state index contributed by atoms with van der Waals surface area (Å²) in [6.45, 7) is 7.68. The molecule has 1 aromatic carbocycles. The van der Waals surface area contributed by atoms with Gasteiger partial charge in [0, 0.05) is 17.8 Å². The van der Waals surface area contributed by atoms with E-state index in [-0.39, 0.29) is 0 Å². The molecule has 18 heavy (non-hydrogen) atoms. The van der Waals surface area contributed by atoms with Crippen LogP contribution in [0.25, 0.3) is 0 Å². The van der Waals surface area contributed by atoms with Crippen LogP contribution in [0.5, 0.6) is 0 Å². The van der Waals surface area contributed by atoms with Crippen LogP contribution in [0.3, 0.4) is 0 Å². The van der Waals surface area contributed by atoms with Gasteiger partial charge in [0.25, 0.3) is 0 Å². The van der Waals surface area contributed by atoms with Gasteiger partial charge in [-0.25, -0.2) is 0 Å². The zero-order valence-corrected chi connectivity index (χ0v) is 12.2. The Kier molecular flexibility index (Phi) is 3.62. The number of rotatable bonds is 5. The number of nitrogens with one attached hydrogen (secondary N) is 1. The second-order valence-electron chi connectivity index (χ2n) is 5.78. The van der Waals surface area contributed by atoms with E-state index in [0.717, 1.165) is 23.7 Å². The van der Waals surface area contributed by atoms with Crippen LogP contribution in [-0.4, -0.2) is 11.5 Å². The molecule has 3 N–H and O–H groups in total. The molecule has 1 saturated carbocycles. The average Bonchev–Trinajstić information content (AvgIpc) is 3.08. The highest BCUT2D eigenvalue weighted by Gasteiger charge is 2.44. The van der Waals surface area contributed by atoms with Crippen LogP contribution in [0.2, 0.25) is 0 Å². The van der Waals surface area contributed by atoms with Gasteiger partial charge in [-0.05, 0) is 43.2 Å². The Morgan fingerprint density at radius 3 is 2.61 bits per heavy atom. The molecule has 0 unspecified atom stereocenters. The first-order chi connectivity index (χ1) is 8.44. The van der Waals surface area contributed by atoms with E-state index in [1.807, 2.05) is 0 Å². The van der Waals surface area contributed by atoms with Gasteiger partial charge < -0.3 is 11.1 Å². The number of anilines is 1. The maximum atomic E-state index is 5.79.